The summed E-state index contributed by atoms with van der Waals surface area (Å²) in [6.45, 7) is 10.2. The van der Waals surface area contributed by atoms with E-state index in [0.29, 0.717) is 5.92 Å². The first-order chi connectivity index (χ1) is 12.7. The Balaban J connectivity index is 1.95. The molecule has 2 aromatic carbocycles. The van der Waals surface area contributed by atoms with Gasteiger partial charge in [-0.05, 0) is 49.4 Å². The monoisotopic (exact) mass is 355 g/mol. The molecule has 0 aliphatic rings. The van der Waals surface area contributed by atoms with Crippen molar-refractivity contribution in [3.05, 3.63) is 54.1 Å². The van der Waals surface area contributed by atoms with Crippen molar-refractivity contribution in [2.75, 3.05) is 18.5 Å². The molecule has 3 nitrogen and oxygen atoms in total. The van der Waals surface area contributed by atoms with Gasteiger partial charge in [-0.1, -0.05) is 57.5 Å². The number of ether oxygens (including phenoxy) is 2. The molecule has 0 aliphatic heterocycles. The maximum Gasteiger partial charge on any atom is 0.142 e. The van der Waals surface area contributed by atoms with Crippen LogP contribution < -0.4 is 14.8 Å². The molecule has 0 aromatic heterocycles. The van der Waals surface area contributed by atoms with Gasteiger partial charge in [0.15, 0.2) is 0 Å². The SMILES string of the molecule is CCCCOc1ccccc1NCC(C)Oc1ccccc1C(C)CC. The largest absolute Gasteiger partial charge is 0.491 e. The predicted molar refractivity (Wildman–Crippen MR) is 111 cm³/mol. The fourth-order valence-corrected chi connectivity index (χ4v) is 2.79. The highest BCUT2D eigenvalue weighted by atomic mass is 16.5. The van der Waals surface area contributed by atoms with Gasteiger partial charge in [-0.15, -0.1) is 0 Å². The Bertz CT molecular complexity index is 656. The molecular weight excluding hydrogens is 322 g/mol. The van der Waals surface area contributed by atoms with Crippen molar-refractivity contribution in [2.24, 2.45) is 0 Å². The lowest BCUT2D eigenvalue weighted by Gasteiger charge is -2.21. The summed E-state index contributed by atoms with van der Waals surface area (Å²) in [5.41, 5.74) is 2.31. The van der Waals surface area contributed by atoms with E-state index in [1.807, 2.05) is 24.3 Å². The van der Waals surface area contributed by atoms with Gasteiger partial charge in [0.05, 0.1) is 18.8 Å². The maximum absolute atomic E-state index is 6.23. The molecule has 1 N–H and O–H groups in total. The molecule has 0 saturated heterocycles. The molecule has 0 radical (unpaired) electrons. The van der Waals surface area contributed by atoms with Crippen molar-refractivity contribution < 1.29 is 9.47 Å². The second-order valence-corrected chi connectivity index (χ2v) is 6.85. The van der Waals surface area contributed by atoms with Crippen LogP contribution in [0.5, 0.6) is 11.5 Å². The fourth-order valence-electron chi connectivity index (χ4n) is 2.79. The van der Waals surface area contributed by atoms with Gasteiger partial charge in [0.25, 0.3) is 0 Å². The van der Waals surface area contributed by atoms with Crippen LogP contribution >= 0.6 is 0 Å². The summed E-state index contributed by atoms with van der Waals surface area (Å²) in [5.74, 6) is 2.40. The number of anilines is 1. The van der Waals surface area contributed by atoms with Crippen LogP contribution in [-0.2, 0) is 0 Å². The topological polar surface area (TPSA) is 30.5 Å². The van der Waals surface area contributed by atoms with Gasteiger partial charge in [0.2, 0.25) is 0 Å². The van der Waals surface area contributed by atoms with Crippen molar-refractivity contribution in [2.45, 2.75) is 59.0 Å². The molecule has 2 atom stereocenters. The van der Waals surface area contributed by atoms with Gasteiger partial charge in [0.1, 0.15) is 17.6 Å². The lowest BCUT2D eigenvalue weighted by Crippen LogP contribution is -2.23. The summed E-state index contributed by atoms with van der Waals surface area (Å²) in [4.78, 5) is 0. The van der Waals surface area contributed by atoms with Gasteiger partial charge >= 0.3 is 0 Å². The summed E-state index contributed by atoms with van der Waals surface area (Å²) >= 11 is 0. The zero-order valence-corrected chi connectivity index (χ0v) is 16.6. The zero-order chi connectivity index (χ0) is 18.8. The first-order valence-electron chi connectivity index (χ1n) is 9.86. The van der Waals surface area contributed by atoms with E-state index in [9.17, 15) is 0 Å². The second-order valence-electron chi connectivity index (χ2n) is 6.85. The molecule has 0 amide bonds. The minimum Gasteiger partial charge on any atom is -0.491 e. The van der Waals surface area contributed by atoms with E-state index in [-0.39, 0.29) is 6.10 Å². The van der Waals surface area contributed by atoms with Crippen LogP contribution in [0.2, 0.25) is 0 Å². The van der Waals surface area contributed by atoms with Crippen molar-refractivity contribution >= 4 is 5.69 Å². The minimum atomic E-state index is 0.0592. The van der Waals surface area contributed by atoms with Crippen LogP contribution in [0.15, 0.2) is 48.5 Å². The minimum absolute atomic E-state index is 0.0592. The lowest BCUT2D eigenvalue weighted by molar-refractivity contribution is 0.231. The Morgan fingerprint density at radius 3 is 2.35 bits per heavy atom. The number of benzene rings is 2. The Kier molecular flexibility index (Phi) is 8.33. The maximum atomic E-state index is 6.23. The molecule has 0 bridgehead atoms. The number of para-hydroxylation sites is 3. The van der Waals surface area contributed by atoms with Crippen LogP contribution in [0.25, 0.3) is 0 Å². The molecule has 142 valence electrons. The van der Waals surface area contributed by atoms with Gasteiger partial charge in [-0.25, -0.2) is 0 Å². The number of nitrogens with one attached hydrogen (secondary N) is 1. The molecule has 3 heteroatoms. The molecule has 0 heterocycles. The second kappa shape index (κ2) is 10.7. The number of rotatable bonds is 11. The van der Waals surface area contributed by atoms with Crippen LogP contribution in [0.4, 0.5) is 5.69 Å². The van der Waals surface area contributed by atoms with E-state index in [1.54, 1.807) is 0 Å². The van der Waals surface area contributed by atoms with Crippen molar-refractivity contribution in [3.63, 3.8) is 0 Å². The highest BCUT2D eigenvalue weighted by Gasteiger charge is 2.13. The first kappa shape index (κ1) is 20.2. The highest BCUT2D eigenvalue weighted by molar-refractivity contribution is 5.56. The van der Waals surface area contributed by atoms with E-state index in [1.165, 1.54) is 5.56 Å². The normalized spacial score (nSPS) is 13.1. The molecule has 0 spiro atoms. The van der Waals surface area contributed by atoms with Crippen molar-refractivity contribution in [1.82, 2.24) is 0 Å². The predicted octanol–water partition coefficient (Wildman–Crippen LogP) is 6.26. The quantitative estimate of drug-likeness (QED) is 0.483. The Morgan fingerprint density at radius 2 is 1.62 bits per heavy atom. The van der Waals surface area contributed by atoms with Gasteiger partial charge < -0.3 is 14.8 Å². The van der Waals surface area contributed by atoms with E-state index in [2.05, 4.69) is 57.3 Å². The fraction of sp³-hybridized carbons (Fsp3) is 0.478. The summed E-state index contributed by atoms with van der Waals surface area (Å²) in [5, 5.41) is 3.47. The van der Waals surface area contributed by atoms with E-state index in [4.69, 9.17) is 9.47 Å². The Morgan fingerprint density at radius 1 is 0.923 bits per heavy atom. The van der Waals surface area contributed by atoms with Crippen LogP contribution in [0.1, 0.15) is 58.4 Å². The standard InChI is InChI=1S/C23H33NO2/c1-5-7-16-25-23-15-11-9-13-21(23)24-17-19(4)26-22-14-10-8-12-20(22)18(3)6-2/h8-15,18-19,24H,5-7,16-17H2,1-4H3. The van der Waals surface area contributed by atoms with Gasteiger partial charge in [0, 0.05) is 0 Å². The number of unbranched alkanes of at least 4 members (excludes halogenated alkanes) is 1. The van der Waals surface area contributed by atoms with Gasteiger partial charge in [-0.2, -0.15) is 0 Å². The average Bonchev–Trinajstić information content (AvgIpc) is 2.67. The first-order valence-corrected chi connectivity index (χ1v) is 9.86. The van der Waals surface area contributed by atoms with E-state index >= 15 is 0 Å². The molecule has 2 unspecified atom stereocenters. The summed E-state index contributed by atoms with van der Waals surface area (Å²) < 4.78 is 12.1. The molecule has 2 aromatic rings. The molecule has 0 aliphatic carbocycles. The van der Waals surface area contributed by atoms with Crippen molar-refractivity contribution in [1.29, 1.82) is 0 Å². The number of hydrogen-bond acceptors (Lipinski definition) is 3. The van der Waals surface area contributed by atoms with Crippen LogP contribution in [0, 0.1) is 0 Å². The van der Waals surface area contributed by atoms with Crippen LogP contribution in [0.3, 0.4) is 0 Å². The summed E-state index contributed by atoms with van der Waals surface area (Å²) in [7, 11) is 0. The zero-order valence-electron chi connectivity index (χ0n) is 16.6. The summed E-state index contributed by atoms with van der Waals surface area (Å²) in [6, 6.07) is 16.5. The molecule has 26 heavy (non-hydrogen) atoms. The average molecular weight is 356 g/mol. The number of hydrogen-bond donors (Lipinski definition) is 1. The lowest BCUT2D eigenvalue weighted by atomic mass is 9.98. The molecule has 2 rings (SSSR count). The Labute approximate surface area is 158 Å². The highest BCUT2D eigenvalue weighted by Crippen LogP contribution is 2.29. The van der Waals surface area contributed by atoms with Gasteiger partial charge in [-0.3, -0.25) is 0 Å². The van der Waals surface area contributed by atoms with E-state index < -0.39 is 0 Å². The third kappa shape index (κ3) is 5.98. The smallest absolute Gasteiger partial charge is 0.142 e. The Hall–Kier alpha value is -2.16. The van der Waals surface area contributed by atoms with Crippen molar-refractivity contribution in [3.8, 4) is 11.5 Å². The molecular formula is C23H33NO2. The summed E-state index contributed by atoms with van der Waals surface area (Å²) in [6.07, 6.45) is 3.37. The third-order valence-electron chi connectivity index (χ3n) is 4.61. The molecule has 0 fully saturated rings. The molecule has 0 saturated carbocycles. The third-order valence-corrected chi connectivity index (χ3v) is 4.61. The van der Waals surface area contributed by atoms with Crippen LogP contribution in [-0.4, -0.2) is 19.3 Å². The van der Waals surface area contributed by atoms with E-state index in [0.717, 1.165) is 49.6 Å².